The predicted molar refractivity (Wildman–Crippen MR) is 89.6 cm³/mol. The number of rotatable bonds is 9. The minimum atomic E-state index is 0.163. The molecule has 1 rings (SSSR count). The van der Waals surface area contributed by atoms with Crippen molar-refractivity contribution in [2.75, 3.05) is 13.2 Å². The summed E-state index contributed by atoms with van der Waals surface area (Å²) in [7, 11) is 0. The van der Waals surface area contributed by atoms with Crippen molar-refractivity contribution in [2.45, 2.75) is 66.0 Å². The molecular formula is C17H31NOS. The summed E-state index contributed by atoms with van der Waals surface area (Å²) < 4.78 is 6.08. The van der Waals surface area contributed by atoms with E-state index in [0.29, 0.717) is 6.04 Å². The molecule has 20 heavy (non-hydrogen) atoms. The number of hydrogen-bond acceptors (Lipinski definition) is 3. The van der Waals surface area contributed by atoms with Crippen LogP contribution in [0.3, 0.4) is 0 Å². The monoisotopic (exact) mass is 297 g/mol. The van der Waals surface area contributed by atoms with Gasteiger partial charge in [0.05, 0.1) is 6.10 Å². The molecule has 2 atom stereocenters. The van der Waals surface area contributed by atoms with Crippen LogP contribution >= 0.6 is 11.3 Å². The van der Waals surface area contributed by atoms with Gasteiger partial charge in [0.15, 0.2) is 0 Å². The minimum absolute atomic E-state index is 0.163. The van der Waals surface area contributed by atoms with Gasteiger partial charge in [0.2, 0.25) is 0 Å². The maximum absolute atomic E-state index is 6.08. The van der Waals surface area contributed by atoms with E-state index in [0.717, 1.165) is 32.4 Å². The molecule has 116 valence electrons. The van der Waals surface area contributed by atoms with E-state index in [9.17, 15) is 0 Å². The van der Waals surface area contributed by atoms with Gasteiger partial charge < -0.3 is 10.1 Å². The molecule has 1 N–H and O–H groups in total. The molecule has 0 aliphatic heterocycles. The normalized spacial score (nSPS) is 15.2. The third-order valence-electron chi connectivity index (χ3n) is 3.55. The number of thiophene rings is 1. The standard InChI is InChI=1S/C17H31NOS/c1-6-11-18-15(9-8-14-10-12-20-13-14)16(19-7-2)17(3,4)5/h10,12-13,15-16,18H,6-9,11H2,1-5H3. The largest absolute Gasteiger partial charge is 0.376 e. The summed E-state index contributed by atoms with van der Waals surface area (Å²) in [5.74, 6) is 0. The van der Waals surface area contributed by atoms with Gasteiger partial charge in [-0.15, -0.1) is 0 Å². The Morgan fingerprint density at radius 2 is 2.05 bits per heavy atom. The molecular weight excluding hydrogens is 266 g/mol. The average molecular weight is 298 g/mol. The van der Waals surface area contributed by atoms with E-state index in [4.69, 9.17) is 4.74 Å². The van der Waals surface area contributed by atoms with Crippen LogP contribution in [0.15, 0.2) is 16.8 Å². The Kier molecular flexibility index (Phi) is 7.78. The molecule has 0 amide bonds. The second-order valence-corrected chi connectivity index (χ2v) is 7.25. The number of nitrogens with one attached hydrogen (secondary N) is 1. The van der Waals surface area contributed by atoms with E-state index < -0.39 is 0 Å². The minimum Gasteiger partial charge on any atom is -0.376 e. The van der Waals surface area contributed by atoms with Gasteiger partial charge in [0, 0.05) is 12.6 Å². The van der Waals surface area contributed by atoms with Gasteiger partial charge in [0.1, 0.15) is 0 Å². The maximum Gasteiger partial charge on any atom is 0.0776 e. The van der Waals surface area contributed by atoms with Crippen LogP contribution in [-0.2, 0) is 11.2 Å². The highest BCUT2D eigenvalue weighted by Crippen LogP contribution is 2.27. The van der Waals surface area contributed by atoms with E-state index in [1.807, 2.05) is 0 Å². The van der Waals surface area contributed by atoms with Crippen LogP contribution in [0.4, 0.5) is 0 Å². The van der Waals surface area contributed by atoms with Gasteiger partial charge in [-0.25, -0.2) is 0 Å². The first-order valence-electron chi connectivity index (χ1n) is 7.85. The summed E-state index contributed by atoms with van der Waals surface area (Å²) in [6.07, 6.45) is 3.69. The third-order valence-corrected chi connectivity index (χ3v) is 4.28. The molecule has 3 heteroatoms. The maximum atomic E-state index is 6.08. The van der Waals surface area contributed by atoms with Gasteiger partial charge in [-0.2, -0.15) is 11.3 Å². The molecule has 1 heterocycles. The summed E-state index contributed by atoms with van der Waals surface area (Å²) in [4.78, 5) is 0. The molecule has 0 aliphatic rings. The van der Waals surface area contributed by atoms with Crippen molar-refractivity contribution in [3.05, 3.63) is 22.4 Å². The second kappa shape index (κ2) is 8.81. The van der Waals surface area contributed by atoms with Crippen molar-refractivity contribution in [1.82, 2.24) is 5.32 Å². The molecule has 0 spiro atoms. The predicted octanol–water partition coefficient (Wildman–Crippen LogP) is 4.50. The summed E-state index contributed by atoms with van der Waals surface area (Å²) in [5, 5.41) is 8.12. The lowest BCUT2D eigenvalue weighted by Crippen LogP contribution is -2.48. The van der Waals surface area contributed by atoms with E-state index in [-0.39, 0.29) is 11.5 Å². The van der Waals surface area contributed by atoms with Crippen molar-refractivity contribution in [3.63, 3.8) is 0 Å². The SMILES string of the molecule is CCCNC(CCc1ccsc1)C(OCC)C(C)(C)C. The van der Waals surface area contributed by atoms with Crippen molar-refractivity contribution >= 4 is 11.3 Å². The Morgan fingerprint density at radius 1 is 1.30 bits per heavy atom. The fourth-order valence-corrected chi connectivity index (χ4v) is 3.30. The Hall–Kier alpha value is -0.380. The summed E-state index contributed by atoms with van der Waals surface area (Å²) in [6, 6.07) is 2.66. The molecule has 1 aromatic rings. The van der Waals surface area contributed by atoms with Crippen LogP contribution in [0, 0.1) is 5.41 Å². The Balaban J connectivity index is 2.68. The molecule has 0 aliphatic carbocycles. The van der Waals surface area contributed by atoms with Crippen LogP contribution in [0.25, 0.3) is 0 Å². The quantitative estimate of drug-likeness (QED) is 0.724. The van der Waals surface area contributed by atoms with E-state index in [2.05, 4.69) is 56.8 Å². The Morgan fingerprint density at radius 3 is 2.55 bits per heavy atom. The molecule has 1 aromatic heterocycles. The molecule has 0 radical (unpaired) electrons. The third kappa shape index (κ3) is 5.94. The molecule has 2 nitrogen and oxygen atoms in total. The van der Waals surface area contributed by atoms with Crippen LogP contribution in [0.2, 0.25) is 0 Å². The summed E-state index contributed by atoms with van der Waals surface area (Å²) in [5.41, 5.74) is 1.61. The van der Waals surface area contributed by atoms with Gasteiger partial charge in [-0.1, -0.05) is 27.7 Å². The Bertz CT molecular complexity index is 342. The highest BCUT2D eigenvalue weighted by Gasteiger charge is 2.32. The number of aryl methyl sites for hydroxylation is 1. The first kappa shape index (κ1) is 17.7. The topological polar surface area (TPSA) is 21.3 Å². The van der Waals surface area contributed by atoms with Crippen LogP contribution in [-0.4, -0.2) is 25.3 Å². The van der Waals surface area contributed by atoms with Crippen LogP contribution in [0.1, 0.15) is 53.0 Å². The molecule has 0 saturated heterocycles. The lowest BCUT2D eigenvalue weighted by atomic mass is 9.82. The van der Waals surface area contributed by atoms with Crippen molar-refractivity contribution in [2.24, 2.45) is 5.41 Å². The van der Waals surface area contributed by atoms with Crippen LogP contribution < -0.4 is 5.32 Å². The van der Waals surface area contributed by atoms with Gasteiger partial charge >= 0.3 is 0 Å². The fraction of sp³-hybridized carbons (Fsp3) is 0.765. The van der Waals surface area contributed by atoms with Gasteiger partial charge in [-0.05, 0) is 60.5 Å². The van der Waals surface area contributed by atoms with Gasteiger partial charge in [0.25, 0.3) is 0 Å². The highest BCUT2D eigenvalue weighted by molar-refractivity contribution is 7.07. The Labute approximate surface area is 128 Å². The zero-order chi connectivity index (χ0) is 15.0. The van der Waals surface area contributed by atoms with E-state index in [1.165, 1.54) is 5.56 Å². The number of ether oxygens (including phenoxy) is 1. The van der Waals surface area contributed by atoms with Gasteiger partial charge in [-0.3, -0.25) is 0 Å². The van der Waals surface area contributed by atoms with Crippen molar-refractivity contribution in [3.8, 4) is 0 Å². The molecule has 2 unspecified atom stereocenters. The first-order valence-corrected chi connectivity index (χ1v) is 8.79. The highest BCUT2D eigenvalue weighted by atomic mass is 32.1. The zero-order valence-corrected chi connectivity index (χ0v) is 14.6. The second-order valence-electron chi connectivity index (χ2n) is 6.47. The lowest BCUT2D eigenvalue weighted by molar-refractivity contribution is -0.0372. The molecule has 0 fully saturated rings. The van der Waals surface area contributed by atoms with E-state index >= 15 is 0 Å². The van der Waals surface area contributed by atoms with E-state index in [1.54, 1.807) is 11.3 Å². The fourth-order valence-electron chi connectivity index (χ4n) is 2.60. The van der Waals surface area contributed by atoms with Crippen LogP contribution in [0.5, 0.6) is 0 Å². The number of hydrogen-bond donors (Lipinski definition) is 1. The molecule has 0 aromatic carbocycles. The van der Waals surface area contributed by atoms with Crippen molar-refractivity contribution in [1.29, 1.82) is 0 Å². The summed E-state index contributed by atoms with van der Waals surface area (Å²) in [6.45, 7) is 13.0. The average Bonchev–Trinajstić information content (AvgIpc) is 2.89. The first-order chi connectivity index (χ1) is 9.49. The lowest BCUT2D eigenvalue weighted by Gasteiger charge is -2.37. The summed E-state index contributed by atoms with van der Waals surface area (Å²) >= 11 is 1.78. The van der Waals surface area contributed by atoms with Crippen molar-refractivity contribution < 1.29 is 4.74 Å². The molecule has 0 saturated carbocycles. The molecule has 0 bridgehead atoms. The smallest absolute Gasteiger partial charge is 0.0776 e. The zero-order valence-electron chi connectivity index (χ0n) is 13.7.